The van der Waals surface area contributed by atoms with E-state index in [9.17, 15) is 9.59 Å². The van der Waals surface area contributed by atoms with Gasteiger partial charge >= 0.3 is 0 Å². The van der Waals surface area contributed by atoms with Crippen molar-refractivity contribution in [1.29, 1.82) is 0 Å². The maximum absolute atomic E-state index is 13.2. The third-order valence-electron chi connectivity index (χ3n) is 5.01. The molecule has 0 spiro atoms. The van der Waals surface area contributed by atoms with Crippen molar-refractivity contribution in [2.75, 3.05) is 18.2 Å². The zero-order valence-corrected chi connectivity index (χ0v) is 19.7. The van der Waals surface area contributed by atoms with Crippen molar-refractivity contribution in [2.45, 2.75) is 25.5 Å². The highest BCUT2D eigenvalue weighted by atomic mass is 32.2. The van der Waals surface area contributed by atoms with Crippen molar-refractivity contribution < 1.29 is 9.53 Å². The third-order valence-corrected chi connectivity index (χ3v) is 6.87. The number of carbonyl (C=O) groups is 1. The summed E-state index contributed by atoms with van der Waals surface area (Å²) in [7, 11) is 1.61. The molecule has 0 unspecified atom stereocenters. The minimum atomic E-state index is -0.142. The first-order chi connectivity index (χ1) is 15.4. The Morgan fingerprint density at radius 3 is 2.84 bits per heavy atom. The van der Waals surface area contributed by atoms with E-state index in [2.05, 4.69) is 10.3 Å². The summed E-state index contributed by atoms with van der Waals surface area (Å²) in [6, 6.07) is 15.4. The number of fused-ring (bicyclic) bond motifs is 1. The minimum absolute atomic E-state index is 0.106. The second-order valence-corrected chi connectivity index (χ2v) is 9.29. The molecule has 6 nitrogen and oxygen atoms in total. The fraction of sp³-hybridized carbons (Fsp3) is 0.208. The van der Waals surface area contributed by atoms with Gasteiger partial charge in [-0.25, -0.2) is 4.98 Å². The van der Waals surface area contributed by atoms with E-state index in [4.69, 9.17) is 4.74 Å². The van der Waals surface area contributed by atoms with E-state index in [0.717, 1.165) is 28.1 Å². The Kier molecular flexibility index (Phi) is 6.62. The molecule has 2 aromatic carbocycles. The molecule has 8 heteroatoms. The molecule has 4 rings (SSSR count). The molecule has 0 bridgehead atoms. The molecule has 2 aromatic heterocycles. The summed E-state index contributed by atoms with van der Waals surface area (Å²) in [5.74, 6) is 0.729. The first-order valence-electron chi connectivity index (χ1n) is 10.1. The van der Waals surface area contributed by atoms with Crippen molar-refractivity contribution in [1.82, 2.24) is 9.55 Å². The summed E-state index contributed by atoms with van der Waals surface area (Å²) in [5, 5.41) is 5.33. The number of ether oxygens (including phenoxy) is 1. The lowest BCUT2D eigenvalue weighted by Crippen LogP contribution is -2.24. The topological polar surface area (TPSA) is 73.2 Å². The number of benzene rings is 2. The molecule has 4 aromatic rings. The van der Waals surface area contributed by atoms with E-state index < -0.39 is 0 Å². The zero-order chi connectivity index (χ0) is 22.7. The van der Waals surface area contributed by atoms with Crippen LogP contribution in [0.1, 0.15) is 16.7 Å². The van der Waals surface area contributed by atoms with Crippen LogP contribution in [0.4, 0.5) is 5.69 Å². The van der Waals surface area contributed by atoms with Gasteiger partial charge in [-0.3, -0.25) is 14.2 Å². The maximum Gasteiger partial charge on any atom is 0.272 e. The predicted octanol–water partition coefficient (Wildman–Crippen LogP) is 4.86. The van der Waals surface area contributed by atoms with Crippen LogP contribution in [0.15, 0.2) is 63.9 Å². The lowest BCUT2D eigenvalue weighted by molar-refractivity contribution is -0.113. The molecule has 164 valence electrons. The van der Waals surface area contributed by atoms with Gasteiger partial charge in [0.25, 0.3) is 5.56 Å². The number of thioether (sulfide) groups is 1. The Morgan fingerprint density at radius 1 is 1.19 bits per heavy atom. The van der Waals surface area contributed by atoms with Crippen molar-refractivity contribution in [3.63, 3.8) is 0 Å². The molecule has 1 N–H and O–H groups in total. The molecule has 0 aliphatic heterocycles. The van der Waals surface area contributed by atoms with E-state index in [0.29, 0.717) is 21.9 Å². The lowest BCUT2D eigenvalue weighted by atomic mass is 10.1. The van der Waals surface area contributed by atoms with Gasteiger partial charge in [0.05, 0.1) is 24.9 Å². The van der Waals surface area contributed by atoms with Crippen LogP contribution >= 0.6 is 23.1 Å². The van der Waals surface area contributed by atoms with Crippen LogP contribution in [0.3, 0.4) is 0 Å². The molecule has 0 atom stereocenters. The molecule has 0 aliphatic rings. The van der Waals surface area contributed by atoms with E-state index >= 15 is 0 Å². The normalized spacial score (nSPS) is 11.0. The Hall–Kier alpha value is -3.10. The minimum Gasteiger partial charge on any atom is -0.497 e. The monoisotopic (exact) mass is 465 g/mol. The molecular formula is C24H23N3O3S2. The van der Waals surface area contributed by atoms with E-state index in [1.54, 1.807) is 11.7 Å². The van der Waals surface area contributed by atoms with Gasteiger partial charge in [-0.15, -0.1) is 11.3 Å². The van der Waals surface area contributed by atoms with E-state index in [1.165, 1.54) is 23.1 Å². The number of hydrogen-bond donors (Lipinski definition) is 1. The third kappa shape index (κ3) is 4.87. The zero-order valence-electron chi connectivity index (χ0n) is 18.0. The van der Waals surface area contributed by atoms with Gasteiger partial charge in [0, 0.05) is 5.69 Å². The van der Waals surface area contributed by atoms with Crippen molar-refractivity contribution in [2.24, 2.45) is 0 Å². The number of anilines is 1. The molecule has 0 aliphatic carbocycles. The van der Waals surface area contributed by atoms with Gasteiger partial charge < -0.3 is 10.1 Å². The predicted molar refractivity (Wildman–Crippen MR) is 131 cm³/mol. The highest BCUT2D eigenvalue weighted by Gasteiger charge is 2.15. The van der Waals surface area contributed by atoms with Crippen LogP contribution in [0.5, 0.6) is 5.75 Å². The summed E-state index contributed by atoms with van der Waals surface area (Å²) in [4.78, 5) is 30.5. The number of hydrogen-bond acceptors (Lipinski definition) is 6. The summed E-state index contributed by atoms with van der Waals surface area (Å²) in [5.41, 5.74) is 4.35. The average Bonchev–Trinajstić information content (AvgIpc) is 3.26. The van der Waals surface area contributed by atoms with Gasteiger partial charge in [-0.05, 0) is 60.2 Å². The van der Waals surface area contributed by atoms with Crippen LogP contribution in [0, 0.1) is 13.8 Å². The number of methoxy groups -OCH3 is 1. The molecular weight excluding hydrogens is 442 g/mol. The molecule has 32 heavy (non-hydrogen) atoms. The fourth-order valence-electron chi connectivity index (χ4n) is 3.31. The number of aromatic nitrogens is 2. The van der Waals surface area contributed by atoms with Crippen molar-refractivity contribution >= 4 is 44.9 Å². The van der Waals surface area contributed by atoms with Crippen LogP contribution in [-0.4, -0.2) is 28.3 Å². The first kappa shape index (κ1) is 22.1. The second-order valence-electron chi connectivity index (χ2n) is 7.43. The van der Waals surface area contributed by atoms with Crippen LogP contribution in [0.25, 0.3) is 10.2 Å². The quantitative estimate of drug-likeness (QED) is 0.312. The van der Waals surface area contributed by atoms with Crippen LogP contribution < -0.4 is 15.6 Å². The van der Waals surface area contributed by atoms with Gasteiger partial charge in [0.2, 0.25) is 5.91 Å². The molecule has 0 saturated carbocycles. The molecule has 0 saturated heterocycles. The summed E-state index contributed by atoms with van der Waals surface area (Å²) < 4.78 is 7.54. The highest BCUT2D eigenvalue weighted by Crippen LogP contribution is 2.23. The number of nitrogens with zero attached hydrogens (tertiary/aromatic N) is 2. The largest absolute Gasteiger partial charge is 0.497 e. The number of aryl methyl sites for hydroxylation is 2. The molecule has 1 amide bonds. The SMILES string of the molecule is COc1cccc(Cn2c(SCC(=O)Nc3cc(C)ccc3C)nc3ccsc3c2=O)c1. The van der Waals surface area contributed by atoms with Crippen LogP contribution in [0.2, 0.25) is 0 Å². The smallest absolute Gasteiger partial charge is 0.272 e. The number of carbonyl (C=O) groups excluding carboxylic acids is 1. The number of thiophene rings is 1. The lowest BCUT2D eigenvalue weighted by Gasteiger charge is -2.13. The van der Waals surface area contributed by atoms with Gasteiger partial charge in [-0.1, -0.05) is 36.0 Å². The Bertz CT molecular complexity index is 1340. The van der Waals surface area contributed by atoms with E-state index in [-0.39, 0.29) is 17.2 Å². The Balaban J connectivity index is 1.59. The summed E-state index contributed by atoms with van der Waals surface area (Å²) in [6.45, 7) is 4.29. The van der Waals surface area contributed by atoms with E-state index in [1.807, 2.05) is 67.8 Å². The Labute approximate surface area is 194 Å². The number of nitrogens with one attached hydrogen (secondary N) is 1. The van der Waals surface area contributed by atoms with Crippen LogP contribution in [-0.2, 0) is 11.3 Å². The van der Waals surface area contributed by atoms with Gasteiger partial charge in [0.15, 0.2) is 5.16 Å². The number of rotatable bonds is 7. The average molecular weight is 466 g/mol. The van der Waals surface area contributed by atoms with Gasteiger partial charge in [-0.2, -0.15) is 0 Å². The highest BCUT2D eigenvalue weighted by molar-refractivity contribution is 7.99. The molecule has 2 heterocycles. The van der Waals surface area contributed by atoms with Gasteiger partial charge in [0.1, 0.15) is 10.4 Å². The summed E-state index contributed by atoms with van der Waals surface area (Å²) >= 11 is 2.63. The Morgan fingerprint density at radius 2 is 2.03 bits per heavy atom. The van der Waals surface area contributed by atoms with Crippen molar-refractivity contribution in [3.8, 4) is 5.75 Å². The second kappa shape index (κ2) is 9.58. The molecule has 0 fully saturated rings. The fourth-order valence-corrected chi connectivity index (χ4v) is 4.89. The first-order valence-corrected chi connectivity index (χ1v) is 11.9. The standard InChI is InChI=1S/C24H23N3O3S2/c1-15-7-8-16(2)20(11-15)25-21(28)14-32-24-26-19-9-10-31-22(19)23(29)27(24)13-17-5-4-6-18(12-17)30-3/h4-12H,13-14H2,1-3H3,(H,25,28). The van der Waals surface area contributed by atoms with Crippen molar-refractivity contribution in [3.05, 3.63) is 81.0 Å². The maximum atomic E-state index is 13.2. The number of amides is 1. The molecule has 0 radical (unpaired) electrons. The summed E-state index contributed by atoms with van der Waals surface area (Å²) in [6.07, 6.45) is 0.